The highest BCUT2D eigenvalue weighted by atomic mass is 79.9. The predicted molar refractivity (Wildman–Crippen MR) is 58.3 cm³/mol. The molecule has 1 aromatic rings. The molecule has 1 aliphatic carbocycles. The van der Waals surface area contributed by atoms with Crippen molar-refractivity contribution < 1.29 is 0 Å². The summed E-state index contributed by atoms with van der Waals surface area (Å²) in [4.78, 5) is 7.74. The molecule has 0 radical (unpaired) electrons. The zero-order valence-electron chi connectivity index (χ0n) is 7.43. The largest absolute Gasteiger partial charge is 0.344 e. The summed E-state index contributed by atoms with van der Waals surface area (Å²) < 4.78 is 0.957. The number of rotatable bonds is 3. The number of imidazole rings is 1. The van der Waals surface area contributed by atoms with Crippen molar-refractivity contribution in [3.8, 4) is 0 Å². The van der Waals surface area contributed by atoms with Gasteiger partial charge in [0.25, 0.3) is 0 Å². The van der Waals surface area contributed by atoms with Gasteiger partial charge in [-0.1, -0.05) is 0 Å². The standard InChI is InChI=1S/C8H12BrN3.ClH/c1-10-4-6-7(9)12-8(11-6)5-2-3-5;/h5,10H,2-4H2,1H3,(H,11,12);1H. The summed E-state index contributed by atoms with van der Waals surface area (Å²) in [7, 11) is 1.93. The van der Waals surface area contributed by atoms with Crippen molar-refractivity contribution in [3.63, 3.8) is 0 Å². The van der Waals surface area contributed by atoms with Crippen molar-refractivity contribution in [2.24, 2.45) is 0 Å². The lowest BCUT2D eigenvalue weighted by Gasteiger charge is -1.94. The highest BCUT2D eigenvalue weighted by molar-refractivity contribution is 9.10. The molecule has 1 saturated carbocycles. The Morgan fingerprint density at radius 2 is 2.31 bits per heavy atom. The van der Waals surface area contributed by atoms with Gasteiger partial charge >= 0.3 is 0 Å². The van der Waals surface area contributed by atoms with Crippen LogP contribution in [0, 0.1) is 0 Å². The second-order valence-electron chi connectivity index (χ2n) is 3.20. The Morgan fingerprint density at radius 3 is 2.85 bits per heavy atom. The van der Waals surface area contributed by atoms with Gasteiger partial charge in [0.1, 0.15) is 10.4 Å². The molecular formula is C8H13BrClN3. The lowest BCUT2D eigenvalue weighted by atomic mass is 10.4. The molecule has 0 spiro atoms. The smallest absolute Gasteiger partial charge is 0.128 e. The summed E-state index contributed by atoms with van der Waals surface area (Å²) in [5, 5.41) is 3.10. The van der Waals surface area contributed by atoms with E-state index in [9.17, 15) is 0 Å². The van der Waals surface area contributed by atoms with E-state index in [2.05, 4.69) is 31.2 Å². The van der Waals surface area contributed by atoms with Crippen LogP contribution in [0.4, 0.5) is 0 Å². The average Bonchev–Trinajstić information content (AvgIpc) is 2.80. The van der Waals surface area contributed by atoms with Crippen LogP contribution >= 0.6 is 28.3 Å². The minimum Gasteiger partial charge on any atom is -0.344 e. The van der Waals surface area contributed by atoms with Crippen molar-refractivity contribution in [1.29, 1.82) is 0 Å². The van der Waals surface area contributed by atoms with Gasteiger partial charge < -0.3 is 10.3 Å². The normalized spacial score (nSPS) is 15.5. The quantitative estimate of drug-likeness (QED) is 0.880. The Labute approximate surface area is 92.2 Å². The maximum absolute atomic E-state index is 4.41. The van der Waals surface area contributed by atoms with Crippen molar-refractivity contribution >= 4 is 28.3 Å². The Morgan fingerprint density at radius 1 is 1.62 bits per heavy atom. The molecule has 1 aromatic heterocycles. The number of aromatic nitrogens is 2. The lowest BCUT2D eigenvalue weighted by Crippen LogP contribution is -2.05. The summed E-state index contributed by atoms with van der Waals surface area (Å²) in [6, 6.07) is 0. The molecule has 0 saturated heterocycles. The molecule has 1 aliphatic rings. The number of hydrogen-bond donors (Lipinski definition) is 2. The van der Waals surface area contributed by atoms with Gasteiger partial charge in [-0.05, 0) is 35.8 Å². The molecule has 0 unspecified atom stereocenters. The average molecular weight is 267 g/mol. The molecule has 0 amide bonds. The fraction of sp³-hybridized carbons (Fsp3) is 0.625. The zero-order chi connectivity index (χ0) is 8.55. The van der Waals surface area contributed by atoms with Gasteiger partial charge in [0.15, 0.2) is 0 Å². The van der Waals surface area contributed by atoms with E-state index < -0.39 is 0 Å². The van der Waals surface area contributed by atoms with Crippen LogP contribution in [-0.4, -0.2) is 17.0 Å². The van der Waals surface area contributed by atoms with Gasteiger partial charge in [-0.3, -0.25) is 0 Å². The van der Waals surface area contributed by atoms with Crippen LogP contribution in [0.15, 0.2) is 4.60 Å². The van der Waals surface area contributed by atoms with E-state index in [4.69, 9.17) is 0 Å². The number of nitrogens with zero attached hydrogens (tertiary/aromatic N) is 1. The van der Waals surface area contributed by atoms with Crippen LogP contribution in [0.5, 0.6) is 0 Å². The number of hydrogen-bond acceptors (Lipinski definition) is 2. The third kappa shape index (κ3) is 2.45. The first-order valence-corrected chi connectivity index (χ1v) is 4.99. The van der Waals surface area contributed by atoms with Gasteiger partial charge in [0.05, 0.1) is 5.69 Å². The predicted octanol–water partition coefficient (Wildman–Crippen LogP) is 2.19. The van der Waals surface area contributed by atoms with Gasteiger partial charge in [-0.2, -0.15) is 0 Å². The molecule has 5 heteroatoms. The molecule has 1 fully saturated rings. The van der Waals surface area contributed by atoms with Gasteiger partial charge in [0, 0.05) is 12.5 Å². The van der Waals surface area contributed by atoms with Crippen LogP contribution in [0.25, 0.3) is 0 Å². The van der Waals surface area contributed by atoms with E-state index >= 15 is 0 Å². The van der Waals surface area contributed by atoms with Crippen LogP contribution < -0.4 is 5.32 Å². The molecule has 2 N–H and O–H groups in total. The molecule has 1 heterocycles. The minimum absolute atomic E-state index is 0. The van der Waals surface area contributed by atoms with Crippen molar-refractivity contribution in [3.05, 3.63) is 16.1 Å². The van der Waals surface area contributed by atoms with E-state index in [1.807, 2.05) is 7.05 Å². The highest BCUT2D eigenvalue weighted by Gasteiger charge is 2.27. The first-order chi connectivity index (χ1) is 5.81. The number of halogens is 2. The fourth-order valence-electron chi connectivity index (χ4n) is 1.25. The van der Waals surface area contributed by atoms with Crippen LogP contribution in [0.3, 0.4) is 0 Å². The molecule has 0 atom stereocenters. The summed E-state index contributed by atoms with van der Waals surface area (Å²) in [5.74, 6) is 1.85. The van der Waals surface area contributed by atoms with Gasteiger partial charge in [-0.15, -0.1) is 12.4 Å². The summed E-state index contributed by atoms with van der Waals surface area (Å²) >= 11 is 3.43. The van der Waals surface area contributed by atoms with Crippen LogP contribution in [-0.2, 0) is 6.54 Å². The third-order valence-electron chi connectivity index (χ3n) is 2.06. The van der Waals surface area contributed by atoms with Crippen LogP contribution in [0.2, 0.25) is 0 Å². The number of H-pyrrole nitrogens is 1. The van der Waals surface area contributed by atoms with E-state index in [1.165, 1.54) is 12.8 Å². The van der Waals surface area contributed by atoms with E-state index in [0.29, 0.717) is 5.92 Å². The topological polar surface area (TPSA) is 40.7 Å². The fourth-order valence-corrected chi connectivity index (χ4v) is 1.68. The number of aromatic amines is 1. The maximum Gasteiger partial charge on any atom is 0.128 e. The van der Waals surface area contributed by atoms with E-state index in [0.717, 1.165) is 22.7 Å². The van der Waals surface area contributed by atoms with Gasteiger partial charge in [0.2, 0.25) is 0 Å². The minimum atomic E-state index is 0. The zero-order valence-corrected chi connectivity index (χ0v) is 9.83. The number of nitrogens with one attached hydrogen (secondary N) is 2. The van der Waals surface area contributed by atoms with Crippen molar-refractivity contribution in [1.82, 2.24) is 15.3 Å². The third-order valence-corrected chi connectivity index (χ3v) is 2.72. The first-order valence-electron chi connectivity index (χ1n) is 4.20. The van der Waals surface area contributed by atoms with E-state index in [1.54, 1.807) is 0 Å². The monoisotopic (exact) mass is 265 g/mol. The van der Waals surface area contributed by atoms with E-state index in [-0.39, 0.29) is 12.4 Å². The first kappa shape index (κ1) is 11.0. The Balaban J connectivity index is 0.000000845. The Bertz CT molecular complexity index is 283. The SMILES string of the molecule is CNCc1[nH]c(C2CC2)nc1Br.Cl. The highest BCUT2D eigenvalue weighted by Crippen LogP contribution is 2.39. The van der Waals surface area contributed by atoms with Crippen LogP contribution in [0.1, 0.15) is 30.3 Å². The Hall–Kier alpha value is -0.0600. The molecular weight excluding hydrogens is 253 g/mol. The molecule has 74 valence electrons. The summed E-state index contributed by atoms with van der Waals surface area (Å²) in [6.45, 7) is 0.848. The molecule has 0 aliphatic heterocycles. The summed E-state index contributed by atoms with van der Waals surface area (Å²) in [5.41, 5.74) is 1.15. The molecule has 3 nitrogen and oxygen atoms in total. The maximum atomic E-state index is 4.41. The molecule has 2 rings (SSSR count). The molecule has 0 aromatic carbocycles. The van der Waals surface area contributed by atoms with Crippen molar-refractivity contribution in [2.75, 3.05) is 7.05 Å². The van der Waals surface area contributed by atoms with Gasteiger partial charge in [-0.25, -0.2) is 4.98 Å². The van der Waals surface area contributed by atoms with Crippen molar-refractivity contribution in [2.45, 2.75) is 25.3 Å². The lowest BCUT2D eigenvalue weighted by molar-refractivity contribution is 0.788. The second-order valence-corrected chi connectivity index (χ2v) is 3.95. The second kappa shape index (κ2) is 4.44. The molecule has 0 bridgehead atoms. The Kier molecular flexibility index (Phi) is 3.76. The molecule has 13 heavy (non-hydrogen) atoms. The summed E-state index contributed by atoms with van der Waals surface area (Å²) in [6.07, 6.45) is 2.58.